The molecular formula is C34H34Cl2SiZr-2. The minimum absolute atomic E-state index is 0. The van der Waals surface area contributed by atoms with Gasteiger partial charge in [-0.15, -0.1) is 53.6 Å². The summed E-state index contributed by atoms with van der Waals surface area (Å²) in [4.78, 5) is 0. The maximum Gasteiger partial charge on any atom is -0.0178 e. The van der Waals surface area contributed by atoms with Crippen molar-refractivity contribution in [1.82, 2.24) is 0 Å². The standard InChI is InChI=1S/C23H15.C9H13.C2H6Si.2ClH.Zr/c1-2-8-18-15-23-19(14-17(18)7-1)9-5-11-21(23)22-13-12-16-6-3-4-10-20(16)22;1-6-5-7(2)9(4)8(6)3;1-3-2;;;/h1-15H;6H,1-4H3;1-2H3;2*1H;/q2*-1;;;;+2/p-2. The van der Waals surface area contributed by atoms with Crippen LogP contribution in [0.15, 0.2) is 108 Å². The molecule has 6 rings (SSSR count). The van der Waals surface area contributed by atoms with Gasteiger partial charge in [0.15, 0.2) is 0 Å². The largest absolute Gasteiger partial charge is 1.00 e. The van der Waals surface area contributed by atoms with Crippen molar-refractivity contribution in [3.05, 3.63) is 114 Å². The summed E-state index contributed by atoms with van der Waals surface area (Å²) in [6.45, 7) is 13.3. The number of hydrogen-bond donors (Lipinski definition) is 0. The van der Waals surface area contributed by atoms with Crippen LogP contribution in [0.5, 0.6) is 0 Å². The molecule has 0 saturated carbocycles. The van der Waals surface area contributed by atoms with Crippen molar-refractivity contribution in [2.45, 2.75) is 40.8 Å². The molecule has 0 amide bonds. The number of benzene rings is 4. The van der Waals surface area contributed by atoms with Crippen LogP contribution in [0.1, 0.15) is 27.7 Å². The van der Waals surface area contributed by atoms with Crippen molar-refractivity contribution in [2.24, 2.45) is 5.92 Å². The Bertz CT molecular complexity index is 1620. The topological polar surface area (TPSA) is 0 Å². The molecule has 0 radical (unpaired) electrons. The van der Waals surface area contributed by atoms with Crippen LogP contribution in [-0.4, -0.2) is 5.43 Å². The van der Waals surface area contributed by atoms with Crippen molar-refractivity contribution < 1.29 is 48.1 Å². The number of fused-ring (bicyclic) bond motifs is 3. The molecule has 4 heteroatoms. The van der Waals surface area contributed by atoms with E-state index in [1.54, 1.807) is 23.3 Å². The fraction of sp³-hybridized carbons (Fsp3) is 0.206. The molecule has 0 aromatic heterocycles. The molecule has 1 aliphatic rings. The molecule has 0 nitrogen and oxygen atoms in total. The zero-order valence-corrected chi connectivity index (χ0v) is 28.0. The predicted molar refractivity (Wildman–Crippen MR) is 157 cm³/mol. The fourth-order valence-electron chi connectivity index (χ4n) is 4.75. The number of hydrogen-bond acceptors (Lipinski definition) is 0. The summed E-state index contributed by atoms with van der Waals surface area (Å²) in [5.74, 6) is 0.560. The van der Waals surface area contributed by atoms with Crippen molar-refractivity contribution in [3.63, 3.8) is 0 Å². The first kappa shape index (κ1) is 32.4. The minimum atomic E-state index is 0. The van der Waals surface area contributed by atoms with Gasteiger partial charge in [0.25, 0.3) is 0 Å². The van der Waals surface area contributed by atoms with Crippen LogP contribution in [0.2, 0.25) is 13.1 Å². The summed E-state index contributed by atoms with van der Waals surface area (Å²) in [6.07, 6.45) is 3.36. The van der Waals surface area contributed by atoms with Crippen molar-refractivity contribution in [3.8, 4) is 11.1 Å². The third-order valence-corrected chi connectivity index (χ3v) is 6.95. The Morgan fingerprint density at radius 2 is 1.32 bits per heavy atom. The van der Waals surface area contributed by atoms with Gasteiger partial charge in [0.1, 0.15) is 0 Å². The molecule has 0 heterocycles. The van der Waals surface area contributed by atoms with Crippen LogP contribution in [0.3, 0.4) is 0 Å². The smallest absolute Gasteiger partial charge is 0.0178 e. The van der Waals surface area contributed by atoms with Gasteiger partial charge in [0.2, 0.25) is 0 Å². The van der Waals surface area contributed by atoms with E-state index in [1.807, 2.05) is 0 Å². The number of allylic oxidation sites excluding steroid dienone is 4. The molecule has 0 aliphatic heterocycles. The Kier molecular flexibility index (Phi) is 12.4. The number of rotatable bonds is 1. The zero-order valence-electron chi connectivity index (χ0n) is 23.0. The van der Waals surface area contributed by atoms with Gasteiger partial charge in [-0.3, -0.25) is 6.08 Å². The number of halogens is 2. The molecule has 194 valence electrons. The monoisotopic (exact) mass is 630 g/mol. The van der Waals surface area contributed by atoms with Gasteiger partial charge in [0.05, 0.1) is 0 Å². The Labute approximate surface area is 255 Å². The molecule has 1 unspecified atom stereocenters. The van der Waals surface area contributed by atoms with E-state index in [0.717, 1.165) is 0 Å². The normalized spacial score (nSPS) is 14.1. The van der Waals surface area contributed by atoms with Gasteiger partial charge in [-0.1, -0.05) is 80.8 Å². The van der Waals surface area contributed by atoms with Gasteiger partial charge >= 0.3 is 41.9 Å². The van der Waals surface area contributed by atoms with E-state index >= 15 is 0 Å². The van der Waals surface area contributed by atoms with Crippen LogP contribution in [0, 0.1) is 12.0 Å². The third kappa shape index (κ3) is 7.42. The zero-order chi connectivity index (χ0) is 25.8. The Balaban J connectivity index is 0.000000286. The first-order valence-corrected chi connectivity index (χ1v) is 18.8. The molecular weight excluding hydrogens is 599 g/mol. The van der Waals surface area contributed by atoms with Gasteiger partial charge < -0.3 is 24.8 Å². The predicted octanol–water partition coefficient (Wildman–Crippen LogP) is 4.05. The van der Waals surface area contributed by atoms with Crippen LogP contribution >= 0.6 is 0 Å². The third-order valence-electron chi connectivity index (χ3n) is 6.95. The van der Waals surface area contributed by atoms with E-state index in [0.29, 0.717) is 5.92 Å². The van der Waals surface area contributed by atoms with E-state index < -0.39 is 0 Å². The average Bonchev–Trinajstić information content (AvgIpc) is 3.39. The quantitative estimate of drug-likeness (QED) is 0.149. The van der Waals surface area contributed by atoms with Crippen molar-refractivity contribution in [2.75, 3.05) is 0 Å². The van der Waals surface area contributed by atoms with Crippen LogP contribution < -0.4 is 24.8 Å². The first-order valence-electron chi connectivity index (χ1n) is 12.6. The molecule has 0 bridgehead atoms. The van der Waals surface area contributed by atoms with E-state index in [2.05, 4.69) is 138 Å². The summed E-state index contributed by atoms with van der Waals surface area (Å²) in [5.41, 5.74) is 7.09. The summed E-state index contributed by atoms with van der Waals surface area (Å²) < 4.78 is 0. The summed E-state index contributed by atoms with van der Waals surface area (Å²) in [7, 11) is 0. The summed E-state index contributed by atoms with van der Waals surface area (Å²) in [6, 6.07) is 32.9. The van der Waals surface area contributed by atoms with Gasteiger partial charge in [-0.05, 0) is 33.7 Å². The Morgan fingerprint density at radius 1 is 0.737 bits per heavy atom. The second-order valence-electron chi connectivity index (χ2n) is 9.86. The van der Waals surface area contributed by atoms with Crippen LogP contribution in [0.25, 0.3) is 43.4 Å². The summed E-state index contributed by atoms with van der Waals surface area (Å²) >= 11 is 1.74. The molecule has 0 fully saturated rings. The summed E-state index contributed by atoms with van der Waals surface area (Å²) in [5, 5.41) is 7.84. The molecule has 1 aliphatic carbocycles. The van der Waals surface area contributed by atoms with E-state index in [4.69, 9.17) is 0 Å². The van der Waals surface area contributed by atoms with Crippen LogP contribution in [-0.2, 0) is 23.3 Å². The molecule has 0 spiro atoms. The fourth-order valence-corrected chi connectivity index (χ4v) is 4.75. The first-order chi connectivity index (χ1) is 17.3. The SMILES string of the molecule is CC1=[C-]C(C)C(C)=C1C.C[Si](C)=[Zr+2].[Cl-].[Cl-].c1ccc2cc3c(-c4c[cH-]c5ccccc45)cccc3cc2c1. The maximum absolute atomic E-state index is 3.36. The van der Waals surface area contributed by atoms with Crippen molar-refractivity contribution in [1.29, 1.82) is 0 Å². The van der Waals surface area contributed by atoms with Crippen molar-refractivity contribution >= 4 is 37.8 Å². The Hall–Kier alpha value is -1.83. The van der Waals surface area contributed by atoms with E-state index in [9.17, 15) is 0 Å². The maximum atomic E-state index is 3.36. The van der Waals surface area contributed by atoms with E-state index in [-0.39, 0.29) is 30.2 Å². The second-order valence-corrected chi connectivity index (χ2v) is 19.2. The molecule has 38 heavy (non-hydrogen) atoms. The minimum Gasteiger partial charge on any atom is -1.00 e. The van der Waals surface area contributed by atoms with Gasteiger partial charge in [0, 0.05) is 0 Å². The molecule has 0 saturated heterocycles. The van der Waals surface area contributed by atoms with E-state index in [1.165, 1.54) is 60.2 Å². The Morgan fingerprint density at radius 3 is 1.89 bits per heavy atom. The second kappa shape index (κ2) is 14.5. The molecule has 5 aromatic carbocycles. The van der Waals surface area contributed by atoms with Gasteiger partial charge in [-0.2, -0.15) is 11.1 Å². The molecule has 5 aromatic rings. The van der Waals surface area contributed by atoms with Gasteiger partial charge in [-0.25, -0.2) is 5.57 Å². The molecule has 0 N–H and O–H groups in total. The average molecular weight is 633 g/mol. The van der Waals surface area contributed by atoms with Crippen LogP contribution in [0.4, 0.5) is 0 Å². The molecule has 1 atom stereocenters.